The van der Waals surface area contributed by atoms with Gasteiger partial charge in [-0.05, 0) is 57.2 Å². The molecule has 0 radical (unpaired) electrons. The predicted octanol–water partition coefficient (Wildman–Crippen LogP) is 3.39. The first kappa shape index (κ1) is 12.7. The number of pyridine rings is 1. The van der Waals surface area contributed by atoms with E-state index in [4.69, 9.17) is 11.6 Å². The van der Waals surface area contributed by atoms with Crippen LogP contribution in [-0.2, 0) is 0 Å². The first-order valence-corrected chi connectivity index (χ1v) is 7.09. The zero-order valence-corrected chi connectivity index (χ0v) is 11.8. The van der Waals surface area contributed by atoms with Crippen LogP contribution in [-0.4, -0.2) is 36.1 Å². The van der Waals surface area contributed by atoms with Crippen LogP contribution in [0.15, 0.2) is 30.5 Å². The van der Waals surface area contributed by atoms with E-state index in [1.807, 2.05) is 30.5 Å². The average molecular weight is 276 g/mol. The molecule has 1 N–H and O–H groups in total. The number of aromatic nitrogens is 1. The highest BCUT2D eigenvalue weighted by Crippen LogP contribution is 2.26. The van der Waals surface area contributed by atoms with Crippen molar-refractivity contribution in [2.45, 2.75) is 18.9 Å². The first-order chi connectivity index (χ1) is 9.22. The molecule has 1 fully saturated rings. The molecule has 1 aromatic heterocycles. The molecule has 4 heteroatoms. The van der Waals surface area contributed by atoms with Gasteiger partial charge in [0.05, 0.1) is 5.52 Å². The zero-order valence-electron chi connectivity index (χ0n) is 11.1. The number of anilines is 1. The number of piperidine rings is 1. The fourth-order valence-corrected chi connectivity index (χ4v) is 2.79. The molecular weight excluding hydrogens is 258 g/mol. The predicted molar refractivity (Wildman–Crippen MR) is 80.9 cm³/mol. The highest BCUT2D eigenvalue weighted by molar-refractivity contribution is 6.31. The Bertz CT molecular complexity index is 577. The summed E-state index contributed by atoms with van der Waals surface area (Å²) in [6.07, 6.45) is 4.22. The van der Waals surface area contributed by atoms with Crippen molar-refractivity contribution < 1.29 is 0 Å². The molecule has 3 nitrogen and oxygen atoms in total. The maximum absolute atomic E-state index is 6.09. The SMILES string of the molecule is CN1CCC(Nc2ccnc3ccc(Cl)cc23)CC1. The van der Waals surface area contributed by atoms with Crippen molar-refractivity contribution in [3.8, 4) is 0 Å². The minimum absolute atomic E-state index is 0.542. The highest BCUT2D eigenvalue weighted by atomic mass is 35.5. The number of halogens is 1. The normalized spacial score (nSPS) is 17.8. The third-order valence-electron chi connectivity index (χ3n) is 3.78. The zero-order chi connectivity index (χ0) is 13.2. The summed E-state index contributed by atoms with van der Waals surface area (Å²) in [7, 11) is 2.18. The van der Waals surface area contributed by atoms with Gasteiger partial charge in [-0.3, -0.25) is 4.98 Å². The summed E-state index contributed by atoms with van der Waals surface area (Å²) in [6.45, 7) is 2.31. The van der Waals surface area contributed by atoms with Crippen molar-refractivity contribution in [2.24, 2.45) is 0 Å². The second kappa shape index (κ2) is 5.35. The van der Waals surface area contributed by atoms with Crippen LogP contribution in [0.1, 0.15) is 12.8 Å². The molecule has 3 rings (SSSR count). The fourth-order valence-electron chi connectivity index (χ4n) is 2.62. The summed E-state index contributed by atoms with van der Waals surface area (Å²) in [5, 5.41) is 5.51. The molecule has 0 saturated carbocycles. The molecule has 1 aliphatic heterocycles. The van der Waals surface area contributed by atoms with Gasteiger partial charge in [0.25, 0.3) is 0 Å². The monoisotopic (exact) mass is 275 g/mol. The number of benzene rings is 1. The first-order valence-electron chi connectivity index (χ1n) is 6.72. The molecule has 0 atom stereocenters. The lowest BCUT2D eigenvalue weighted by Gasteiger charge is -2.30. The lowest BCUT2D eigenvalue weighted by atomic mass is 10.0. The molecule has 1 saturated heterocycles. The summed E-state index contributed by atoms with van der Waals surface area (Å²) in [5.74, 6) is 0. The Morgan fingerprint density at radius 1 is 1.26 bits per heavy atom. The Hall–Kier alpha value is -1.32. The minimum atomic E-state index is 0.542. The molecule has 2 heterocycles. The van der Waals surface area contributed by atoms with Gasteiger partial charge in [0.1, 0.15) is 0 Å². The molecule has 1 aliphatic rings. The van der Waals surface area contributed by atoms with E-state index in [2.05, 4.69) is 22.2 Å². The van der Waals surface area contributed by atoms with Gasteiger partial charge in [0.15, 0.2) is 0 Å². The van der Waals surface area contributed by atoms with Gasteiger partial charge >= 0.3 is 0 Å². The maximum Gasteiger partial charge on any atom is 0.0723 e. The van der Waals surface area contributed by atoms with Crippen LogP contribution in [0, 0.1) is 0 Å². The van der Waals surface area contributed by atoms with E-state index in [1.54, 1.807) is 0 Å². The van der Waals surface area contributed by atoms with Crippen molar-refractivity contribution in [2.75, 3.05) is 25.5 Å². The number of rotatable bonds is 2. The van der Waals surface area contributed by atoms with Crippen molar-refractivity contribution in [3.05, 3.63) is 35.5 Å². The highest BCUT2D eigenvalue weighted by Gasteiger charge is 2.17. The Kier molecular flexibility index (Phi) is 3.58. The molecule has 19 heavy (non-hydrogen) atoms. The molecular formula is C15H18ClN3. The average Bonchev–Trinajstić information content (AvgIpc) is 2.42. The molecule has 1 aromatic carbocycles. The number of hydrogen-bond acceptors (Lipinski definition) is 3. The molecule has 0 bridgehead atoms. The molecule has 100 valence electrons. The van der Waals surface area contributed by atoms with Gasteiger partial charge in [-0.1, -0.05) is 11.6 Å². The van der Waals surface area contributed by atoms with Crippen LogP contribution in [0.5, 0.6) is 0 Å². The summed E-state index contributed by atoms with van der Waals surface area (Å²) in [6, 6.07) is 8.42. The number of likely N-dealkylation sites (tertiary alicyclic amines) is 1. The lowest BCUT2D eigenvalue weighted by molar-refractivity contribution is 0.264. The van der Waals surface area contributed by atoms with Crippen LogP contribution in [0.3, 0.4) is 0 Å². The van der Waals surface area contributed by atoms with E-state index in [-0.39, 0.29) is 0 Å². The summed E-state index contributed by atoms with van der Waals surface area (Å²) in [5.41, 5.74) is 2.13. The summed E-state index contributed by atoms with van der Waals surface area (Å²) < 4.78 is 0. The Morgan fingerprint density at radius 3 is 2.84 bits per heavy atom. The van der Waals surface area contributed by atoms with Crippen LogP contribution in [0.25, 0.3) is 10.9 Å². The van der Waals surface area contributed by atoms with Gasteiger partial charge in [-0.25, -0.2) is 0 Å². The van der Waals surface area contributed by atoms with E-state index in [9.17, 15) is 0 Å². The standard InChI is InChI=1S/C15H18ClN3/c1-19-8-5-12(6-9-19)18-15-4-7-17-14-3-2-11(16)10-13(14)15/h2-4,7,10,12H,5-6,8-9H2,1H3,(H,17,18). The molecule has 0 unspecified atom stereocenters. The molecule has 0 amide bonds. The van der Waals surface area contributed by atoms with Gasteiger partial charge in [0.2, 0.25) is 0 Å². The van der Waals surface area contributed by atoms with Crippen molar-refractivity contribution in [1.82, 2.24) is 9.88 Å². The summed E-state index contributed by atoms with van der Waals surface area (Å²) >= 11 is 6.09. The Labute approximate surface area is 118 Å². The van der Waals surface area contributed by atoms with Crippen LogP contribution in [0.4, 0.5) is 5.69 Å². The van der Waals surface area contributed by atoms with Gasteiger partial charge in [-0.2, -0.15) is 0 Å². The lowest BCUT2D eigenvalue weighted by Crippen LogP contribution is -2.36. The van der Waals surface area contributed by atoms with Gasteiger partial charge < -0.3 is 10.2 Å². The Morgan fingerprint density at radius 2 is 2.05 bits per heavy atom. The van der Waals surface area contributed by atoms with E-state index in [0.717, 1.165) is 34.7 Å². The smallest absolute Gasteiger partial charge is 0.0723 e. The molecule has 2 aromatic rings. The van der Waals surface area contributed by atoms with E-state index >= 15 is 0 Å². The minimum Gasteiger partial charge on any atom is -0.382 e. The quantitative estimate of drug-likeness (QED) is 0.911. The third-order valence-corrected chi connectivity index (χ3v) is 4.02. The van der Waals surface area contributed by atoms with Crippen LogP contribution >= 0.6 is 11.6 Å². The molecule has 0 aliphatic carbocycles. The largest absolute Gasteiger partial charge is 0.382 e. The second-order valence-electron chi connectivity index (χ2n) is 5.24. The van der Waals surface area contributed by atoms with Crippen molar-refractivity contribution in [3.63, 3.8) is 0 Å². The third kappa shape index (κ3) is 2.82. The number of nitrogens with one attached hydrogen (secondary N) is 1. The number of hydrogen-bond donors (Lipinski definition) is 1. The Balaban J connectivity index is 1.86. The second-order valence-corrected chi connectivity index (χ2v) is 5.68. The molecule has 0 spiro atoms. The van der Waals surface area contributed by atoms with Gasteiger partial charge in [-0.15, -0.1) is 0 Å². The number of fused-ring (bicyclic) bond motifs is 1. The van der Waals surface area contributed by atoms with Crippen molar-refractivity contribution in [1.29, 1.82) is 0 Å². The van der Waals surface area contributed by atoms with Crippen LogP contribution < -0.4 is 5.32 Å². The van der Waals surface area contributed by atoms with E-state index in [1.165, 1.54) is 12.8 Å². The van der Waals surface area contributed by atoms with E-state index < -0.39 is 0 Å². The summed E-state index contributed by atoms with van der Waals surface area (Å²) in [4.78, 5) is 6.76. The van der Waals surface area contributed by atoms with Crippen molar-refractivity contribution >= 4 is 28.2 Å². The van der Waals surface area contributed by atoms with Gasteiger partial charge in [0, 0.05) is 28.3 Å². The topological polar surface area (TPSA) is 28.2 Å². The number of nitrogens with zero attached hydrogens (tertiary/aromatic N) is 2. The van der Waals surface area contributed by atoms with E-state index in [0.29, 0.717) is 6.04 Å². The van der Waals surface area contributed by atoms with Crippen LogP contribution in [0.2, 0.25) is 5.02 Å². The maximum atomic E-state index is 6.09. The fraction of sp³-hybridized carbons (Fsp3) is 0.400.